The standard InChI is InChI=1S/C17H25NO2/c1-4-16-10-5-12(2)18(16)11-14-6-8-15(9-7-14)13(3)17(19)20/h6-9,12-13,16H,4-5,10-11H2,1-3H3,(H,19,20). The van der Waals surface area contributed by atoms with E-state index in [0.29, 0.717) is 12.1 Å². The summed E-state index contributed by atoms with van der Waals surface area (Å²) in [6.45, 7) is 7.26. The lowest BCUT2D eigenvalue weighted by Crippen LogP contribution is -2.33. The zero-order valence-corrected chi connectivity index (χ0v) is 12.7. The molecule has 1 aliphatic heterocycles. The third-order valence-corrected chi connectivity index (χ3v) is 4.64. The summed E-state index contributed by atoms with van der Waals surface area (Å²) in [7, 11) is 0. The first-order valence-corrected chi connectivity index (χ1v) is 7.60. The van der Waals surface area contributed by atoms with Crippen LogP contribution < -0.4 is 0 Å². The first kappa shape index (κ1) is 15.0. The molecule has 0 aliphatic carbocycles. The quantitative estimate of drug-likeness (QED) is 0.892. The van der Waals surface area contributed by atoms with Crippen LogP contribution in [0, 0.1) is 0 Å². The van der Waals surface area contributed by atoms with E-state index in [4.69, 9.17) is 5.11 Å². The molecule has 3 atom stereocenters. The van der Waals surface area contributed by atoms with Crippen LogP contribution in [0.15, 0.2) is 24.3 Å². The zero-order chi connectivity index (χ0) is 14.7. The van der Waals surface area contributed by atoms with E-state index in [1.54, 1.807) is 6.92 Å². The van der Waals surface area contributed by atoms with Crippen molar-refractivity contribution in [3.05, 3.63) is 35.4 Å². The first-order valence-electron chi connectivity index (χ1n) is 7.60. The molecule has 0 spiro atoms. The fraction of sp³-hybridized carbons (Fsp3) is 0.588. The summed E-state index contributed by atoms with van der Waals surface area (Å²) in [5.41, 5.74) is 2.15. The Balaban J connectivity index is 2.05. The van der Waals surface area contributed by atoms with Gasteiger partial charge in [0.1, 0.15) is 0 Å². The van der Waals surface area contributed by atoms with Crippen molar-refractivity contribution >= 4 is 5.97 Å². The maximum Gasteiger partial charge on any atom is 0.310 e. The van der Waals surface area contributed by atoms with Gasteiger partial charge in [-0.1, -0.05) is 31.2 Å². The van der Waals surface area contributed by atoms with Gasteiger partial charge in [0.05, 0.1) is 5.92 Å². The largest absolute Gasteiger partial charge is 0.481 e. The number of nitrogens with zero attached hydrogens (tertiary/aromatic N) is 1. The number of aliphatic carboxylic acids is 1. The summed E-state index contributed by atoms with van der Waals surface area (Å²) < 4.78 is 0. The van der Waals surface area contributed by atoms with E-state index in [9.17, 15) is 4.79 Å². The van der Waals surface area contributed by atoms with Crippen molar-refractivity contribution in [2.24, 2.45) is 0 Å². The molecule has 3 unspecified atom stereocenters. The number of rotatable bonds is 5. The smallest absolute Gasteiger partial charge is 0.310 e. The van der Waals surface area contributed by atoms with Crippen molar-refractivity contribution in [2.45, 2.75) is 64.6 Å². The molecule has 1 fully saturated rings. The summed E-state index contributed by atoms with van der Waals surface area (Å²) in [6.07, 6.45) is 3.79. The van der Waals surface area contributed by atoms with E-state index in [-0.39, 0.29) is 0 Å². The number of carbonyl (C=O) groups is 1. The minimum Gasteiger partial charge on any atom is -0.481 e. The Morgan fingerprint density at radius 2 is 2.00 bits per heavy atom. The molecule has 3 nitrogen and oxygen atoms in total. The molecule has 1 aliphatic rings. The van der Waals surface area contributed by atoms with Gasteiger partial charge in [0.25, 0.3) is 0 Å². The molecule has 20 heavy (non-hydrogen) atoms. The van der Waals surface area contributed by atoms with Crippen LogP contribution in [0.5, 0.6) is 0 Å². The zero-order valence-electron chi connectivity index (χ0n) is 12.7. The summed E-state index contributed by atoms with van der Waals surface area (Å²) in [5.74, 6) is -1.20. The molecule has 0 bridgehead atoms. The third kappa shape index (κ3) is 3.21. The lowest BCUT2D eigenvalue weighted by atomic mass is 10.00. The Hall–Kier alpha value is -1.35. The van der Waals surface area contributed by atoms with Gasteiger partial charge < -0.3 is 5.11 Å². The van der Waals surface area contributed by atoms with Crippen molar-refractivity contribution < 1.29 is 9.90 Å². The van der Waals surface area contributed by atoms with Gasteiger partial charge in [0.2, 0.25) is 0 Å². The third-order valence-electron chi connectivity index (χ3n) is 4.64. The first-order chi connectivity index (χ1) is 9.52. The van der Waals surface area contributed by atoms with Crippen LogP contribution in [-0.2, 0) is 11.3 Å². The summed E-state index contributed by atoms with van der Waals surface area (Å²) in [4.78, 5) is 13.6. The predicted molar refractivity (Wildman–Crippen MR) is 80.8 cm³/mol. The van der Waals surface area contributed by atoms with Gasteiger partial charge in [0.15, 0.2) is 0 Å². The highest BCUT2D eigenvalue weighted by Gasteiger charge is 2.28. The number of benzene rings is 1. The SMILES string of the molecule is CCC1CCC(C)N1Cc1ccc(C(C)C(=O)O)cc1. The minimum atomic E-state index is -0.767. The summed E-state index contributed by atoms with van der Waals surface area (Å²) >= 11 is 0. The van der Waals surface area contributed by atoms with E-state index in [1.165, 1.54) is 24.8 Å². The molecular formula is C17H25NO2. The average molecular weight is 275 g/mol. The Labute approximate surface area is 121 Å². The summed E-state index contributed by atoms with van der Waals surface area (Å²) in [6, 6.07) is 9.41. The van der Waals surface area contributed by atoms with Crippen molar-refractivity contribution in [3.63, 3.8) is 0 Å². The number of hydrogen-bond acceptors (Lipinski definition) is 2. The molecule has 0 amide bonds. The van der Waals surface area contributed by atoms with Gasteiger partial charge in [0, 0.05) is 18.6 Å². The van der Waals surface area contributed by atoms with E-state index in [2.05, 4.69) is 30.9 Å². The monoisotopic (exact) mass is 275 g/mol. The van der Waals surface area contributed by atoms with Crippen LogP contribution in [0.25, 0.3) is 0 Å². The van der Waals surface area contributed by atoms with Crippen LogP contribution in [-0.4, -0.2) is 28.1 Å². The molecule has 1 saturated heterocycles. The van der Waals surface area contributed by atoms with Gasteiger partial charge in [-0.15, -0.1) is 0 Å². The average Bonchev–Trinajstić information content (AvgIpc) is 2.79. The molecule has 0 saturated carbocycles. The minimum absolute atomic E-state index is 0.432. The highest BCUT2D eigenvalue weighted by atomic mass is 16.4. The Kier molecular flexibility index (Phi) is 4.81. The Bertz CT molecular complexity index is 455. The predicted octanol–water partition coefficient (Wildman–Crippen LogP) is 3.64. The highest BCUT2D eigenvalue weighted by Crippen LogP contribution is 2.28. The summed E-state index contributed by atoms with van der Waals surface area (Å²) in [5, 5.41) is 9.03. The second-order valence-electron chi connectivity index (χ2n) is 5.96. The molecule has 1 aromatic carbocycles. The van der Waals surface area contributed by atoms with E-state index >= 15 is 0 Å². The molecule has 2 rings (SSSR count). The lowest BCUT2D eigenvalue weighted by Gasteiger charge is -2.27. The lowest BCUT2D eigenvalue weighted by molar-refractivity contribution is -0.138. The normalized spacial score (nSPS) is 24.8. The molecular weight excluding hydrogens is 250 g/mol. The fourth-order valence-corrected chi connectivity index (χ4v) is 3.11. The van der Waals surface area contributed by atoms with Gasteiger partial charge in [-0.3, -0.25) is 9.69 Å². The van der Waals surface area contributed by atoms with Gasteiger partial charge in [-0.25, -0.2) is 0 Å². The van der Waals surface area contributed by atoms with E-state index in [0.717, 1.165) is 12.1 Å². The van der Waals surface area contributed by atoms with Crippen molar-refractivity contribution in [1.29, 1.82) is 0 Å². The van der Waals surface area contributed by atoms with Gasteiger partial charge in [-0.2, -0.15) is 0 Å². The van der Waals surface area contributed by atoms with E-state index < -0.39 is 11.9 Å². The van der Waals surface area contributed by atoms with Crippen LogP contribution in [0.1, 0.15) is 57.1 Å². The maximum atomic E-state index is 11.0. The van der Waals surface area contributed by atoms with Crippen LogP contribution in [0.3, 0.4) is 0 Å². The number of hydrogen-bond donors (Lipinski definition) is 1. The number of carboxylic acid groups (broad SMARTS) is 1. The van der Waals surface area contributed by atoms with Gasteiger partial charge >= 0.3 is 5.97 Å². The maximum absolute atomic E-state index is 11.0. The van der Waals surface area contributed by atoms with Crippen LogP contribution in [0.4, 0.5) is 0 Å². The molecule has 0 aromatic heterocycles. The molecule has 110 valence electrons. The van der Waals surface area contributed by atoms with Gasteiger partial charge in [-0.05, 0) is 44.2 Å². The number of likely N-dealkylation sites (tertiary alicyclic amines) is 1. The second-order valence-corrected chi connectivity index (χ2v) is 5.96. The van der Waals surface area contributed by atoms with Crippen molar-refractivity contribution in [3.8, 4) is 0 Å². The molecule has 1 aromatic rings. The molecule has 1 N–H and O–H groups in total. The fourth-order valence-electron chi connectivity index (χ4n) is 3.11. The highest BCUT2D eigenvalue weighted by molar-refractivity contribution is 5.75. The topological polar surface area (TPSA) is 40.5 Å². The van der Waals surface area contributed by atoms with Crippen molar-refractivity contribution in [2.75, 3.05) is 0 Å². The Morgan fingerprint density at radius 1 is 1.35 bits per heavy atom. The number of carboxylic acids is 1. The molecule has 0 radical (unpaired) electrons. The van der Waals surface area contributed by atoms with Crippen LogP contribution >= 0.6 is 0 Å². The van der Waals surface area contributed by atoms with E-state index in [1.807, 2.05) is 12.1 Å². The van der Waals surface area contributed by atoms with Crippen LogP contribution in [0.2, 0.25) is 0 Å². The molecule has 3 heteroatoms. The van der Waals surface area contributed by atoms with Crippen molar-refractivity contribution in [1.82, 2.24) is 4.90 Å². The second kappa shape index (κ2) is 6.40. The molecule has 1 heterocycles. The Morgan fingerprint density at radius 3 is 2.55 bits per heavy atom.